The summed E-state index contributed by atoms with van der Waals surface area (Å²) in [4.78, 5) is 18.2. The van der Waals surface area contributed by atoms with Gasteiger partial charge in [0.15, 0.2) is 5.82 Å². The molecule has 1 amide bonds. The van der Waals surface area contributed by atoms with Crippen LogP contribution >= 0.6 is 0 Å². The van der Waals surface area contributed by atoms with E-state index in [4.69, 9.17) is 4.52 Å². The van der Waals surface area contributed by atoms with Gasteiger partial charge in [-0.15, -0.1) is 0 Å². The molecule has 1 saturated heterocycles. The highest BCUT2D eigenvalue weighted by atomic mass is 16.5. The number of β-amino-alcohol motifs (C(OH)–C–C–N with tert-alkyl or cyclic N) is 1. The number of aliphatic hydroxyl groups excluding tert-OH is 1. The van der Waals surface area contributed by atoms with Gasteiger partial charge in [0, 0.05) is 31.8 Å². The average Bonchev–Trinajstić information content (AvgIpc) is 3.18. The van der Waals surface area contributed by atoms with Gasteiger partial charge in [-0.25, -0.2) is 0 Å². The number of hydrogen-bond donors (Lipinski definition) is 1. The van der Waals surface area contributed by atoms with Gasteiger partial charge < -0.3 is 14.5 Å². The Morgan fingerprint density at radius 1 is 1.45 bits per heavy atom. The molecule has 1 saturated carbocycles. The van der Waals surface area contributed by atoms with Crippen LogP contribution in [0, 0.1) is 5.92 Å². The van der Waals surface area contributed by atoms with Crippen LogP contribution in [0.5, 0.6) is 0 Å². The smallest absolute Gasteiger partial charge is 0.227 e. The number of carbonyl (C=O) groups excluding carboxylic acids is 1. The van der Waals surface area contributed by atoms with Gasteiger partial charge in [-0.05, 0) is 25.2 Å². The molecular formula is C14H21N3O3. The Morgan fingerprint density at radius 3 is 2.95 bits per heavy atom. The summed E-state index contributed by atoms with van der Waals surface area (Å²) in [5.41, 5.74) is 0. The number of aromatic nitrogens is 2. The molecule has 0 spiro atoms. The van der Waals surface area contributed by atoms with Crippen LogP contribution in [0.15, 0.2) is 4.52 Å². The molecule has 3 rings (SSSR count). The lowest BCUT2D eigenvalue weighted by Crippen LogP contribution is -2.45. The lowest BCUT2D eigenvalue weighted by atomic mass is 9.96. The van der Waals surface area contributed by atoms with Crippen molar-refractivity contribution in [3.63, 3.8) is 0 Å². The third-order valence-corrected chi connectivity index (χ3v) is 4.25. The van der Waals surface area contributed by atoms with Crippen molar-refractivity contribution in [2.75, 3.05) is 13.1 Å². The van der Waals surface area contributed by atoms with Crippen molar-refractivity contribution in [1.82, 2.24) is 15.0 Å². The molecule has 2 fully saturated rings. The number of aliphatic hydroxyl groups is 1. The van der Waals surface area contributed by atoms with Crippen LogP contribution in [0.25, 0.3) is 0 Å². The molecule has 110 valence electrons. The van der Waals surface area contributed by atoms with Crippen LogP contribution in [0.4, 0.5) is 0 Å². The first-order valence-corrected chi connectivity index (χ1v) is 7.42. The van der Waals surface area contributed by atoms with Crippen LogP contribution in [-0.2, 0) is 11.2 Å². The molecule has 2 aliphatic rings. The van der Waals surface area contributed by atoms with Crippen molar-refractivity contribution in [2.24, 2.45) is 5.92 Å². The van der Waals surface area contributed by atoms with Crippen molar-refractivity contribution in [3.8, 4) is 0 Å². The van der Waals surface area contributed by atoms with Crippen molar-refractivity contribution in [1.29, 1.82) is 0 Å². The maximum atomic E-state index is 12.1. The summed E-state index contributed by atoms with van der Waals surface area (Å²) >= 11 is 0. The number of piperidine rings is 1. The zero-order valence-electron chi connectivity index (χ0n) is 11.8. The second kappa shape index (κ2) is 5.52. The minimum Gasteiger partial charge on any atom is -0.391 e. The van der Waals surface area contributed by atoms with Gasteiger partial charge in [-0.3, -0.25) is 4.79 Å². The Kier molecular flexibility index (Phi) is 3.74. The number of amides is 1. The Balaban J connectivity index is 1.48. The van der Waals surface area contributed by atoms with E-state index in [-0.39, 0.29) is 11.8 Å². The van der Waals surface area contributed by atoms with Crippen LogP contribution in [0.1, 0.15) is 50.2 Å². The molecule has 0 aromatic carbocycles. The molecule has 6 nitrogen and oxygen atoms in total. The second-order valence-electron chi connectivity index (χ2n) is 5.99. The molecule has 1 aliphatic carbocycles. The predicted octanol–water partition coefficient (Wildman–Crippen LogP) is 1.11. The summed E-state index contributed by atoms with van der Waals surface area (Å²) in [7, 11) is 0. The summed E-state index contributed by atoms with van der Waals surface area (Å²) < 4.78 is 5.16. The first-order valence-electron chi connectivity index (χ1n) is 7.42. The number of hydrogen-bond acceptors (Lipinski definition) is 5. The third kappa shape index (κ3) is 3.00. The van der Waals surface area contributed by atoms with Gasteiger partial charge in [0.25, 0.3) is 0 Å². The fourth-order valence-electron chi connectivity index (χ4n) is 2.52. The minimum absolute atomic E-state index is 0.0575. The SMILES string of the molecule is CC1CCN(C(=O)CCc2nc(C3CC3)no2)CC1O. The fraction of sp³-hybridized carbons (Fsp3) is 0.786. The van der Waals surface area contributed by atoms with Gasteiger partial charge in [0.2, 0.25) is 11.8 Å². The monoisotopic (exact) mass is 279 g/mol. The quantitative estimate of drug-likeness (QED) is 0.893. The van der Waals surface area contributed by atoms with E-state index in [1.807, 2.05) is 6.92 Å². The first kappa shape index (κ1) is 13.5. The zero-order chi connectivity index (χ0) is 14.1. The van der Waals surface area contributed by atoms with E-state index in [2.05, 4.69) is 10.1 Å². The van der Waals surface area contributed by atoms with Crippen LogP contribution < -0.4 is 0 Å². The fourth-order valence-corrected chi connectivity index (χ4v) is 2.52. The molecule has 2 atom stereocenters. The van der Waals surface area contributed by atoms with E-state index in [9.17, 15) is 9.90 Å². The van der Waals surface area contributed by atoms with E-state index < -0.39 is 6.10 Å². The molecule has 0 bridgehead atoms. The van der Waals surface area contributed by atoms with Crippen molar-refractivity contribution in [2.45, 2.75) is 51.0 Å². The number of carbonyl (C=O) groups is 1. The van der Waals surface area contributed by atoms with Crippen molar-refractivity contribution in [3.05, 3.63) is 11.7 Å². The molecule has 1 aromatic rings. The molecule has 2 heterocycles. The van der Waals surface area contributed by atoms with Gasteiger partial charge >= 0.3 is 0 Å². The zero-order valence-corrected chi connectivity index (χ0v) is 11.8. The topological polar surface area (TPSA) is 79.5 Å². The molecule has 20 heavy (non-hydrogen) atoms. The highest BCUT2D eigenvalue weighted by Crippen LogP contribution is 2.38. The molecule has 2 unspecified atom stereocenters. The normalized spacial score (nSPS) is 26.8. The summed E-state index contributed by atoms with van der Waals surface area (Å²) in [5, 5.41) is 13.8. The second-order valence-corrected chi connectivity index (χ2v) is 5.99. The first-order chi connectivity index (χ1) is 9.63. The summed E-state index contributed by atoms with van der Waals surface area (Å²) in [6, 6.07) is 0. The van der Waals surface area contributed by atoms with Crippen LogP contribution in [0.3, 0.4) is 0 Å². The molecule has 6 heteroatoms. The highest BCUT2D eigenvalue weighted by molar-refractivity contribution is 5.76. The molecule has 1 aliphatic heterocycles. The predicted molar refractivity (Wildman–Crippen MR) is 71.0 cm³/mol. The standard InChI is InChI=1S/C14H21N3O3/c1-9-6-7-17(8-11(9)18)13(19)5-4-12-15-14(16-20-12)10-2-3-10/h9-11,18H,2-8H2,1H3. The third-order valence-electron chi connectivity index (χ3n) is 4.25. The largest absolute Gasteiger partial charge is 0.391 e. The van der Waals surface area contributed by atoms with E-state index in [1.54, 1.807) is 4.90 Å². The Morgan fingerprint density at radius 2 is 2.25 bits per heavy atom. The summed E-state index contributed by atoms with van der Waals surface area (Å²) in [6.07, 6.45) is 3.59. The van der Waals surface area contributed by atoms with E-state index in [1.165, 1.54) is 0 Å². The van der Waals surface area contributed by atoms with Gasteiger partial charge in [-0.2, -0.15) is 4.98 Å². The van der Waals surface area contributed by atoms with E-state index in [0.29, 0.717) is 31.2 Å². The van der Waals surface area contributed by atoms with Crippen LogP contribution in [0.2, 0.25) is 0 Å². The highest BCUT2D eigenvalue weighted by Gasteiger charge is 2.29. The van der Waals surface area contributed by atoms with Crippen molar-refractivity contribution >= 4 is 5.91 Å². The number of likely N-dealkylation sites (tertiary alicyclic amines) is 1. The van der Waals surface area contributed by atoms with Crippen LogP contribution in [-0.4, -0.2) is 45.2 Å². The Hall–Kier alpha value is -1.43. The van der Waals surface area contributed by atoms with E-state index >= 15 is 0 Å². The van der Waals surface area contributed by atoms with E-state index in [0.717, 1.165) is 31.6 Å². The molecule has 0 radical (unpaired) electrons. The number of nitrogens with zero attached hydrogens (tertiary/aromatic N) is 3. The Labute approximate surface area is 118 Å². The molecule has 1 aromatic heterocycles. The number of rotatable bonds is 4. The lowest BCUT2D eigenvalue weighted by Gasteiger charge is -2.34. The summed E-state index contributed by atoms with van der Waals surface area (Å²) in [5.74, 6) is 2.14. The minimum atomic E-state index is -0.405. The molecular weight excluding hydrogens is 258 g/mol. The van der Waals surface area contributed by atoms with Gasteiger partial charge in [-0.1, -0.05) is 12.1 Å². The summed E-state index contributed by atoms with van der Waals surface area (Å²) in [6.45, 7) is 3.19. The van der Waals surface area contributed by atoms with Gasteiger partial charge in [0.05, 0.1) is 6.10 Å². The lowest BCUT2D eigenvalue weighted by molar-refractivity contribution is -0.135. The van der Waals surface area contributed by atoms with Gasteiger partial charge in [0.1, 0.15) is 0 Å². The number of aryl methyl sites for hydroxylation is 1. The average molecular weight is 279 g/mol. The van der Waals surface area contributed by atoms with Crippen molar-refractivity contribution < 1.29 is 14.4 Å². The molecule has 1 N–H and O–H groups in total. The Bertz CT molecular complexity index is 484. The maximum Gasteiger partial charge on any atom is 0.227 e. The maximum absolute atomic E-state index is 12.1.